The molecule has 0 aliphatic heterocycles. The van der Waals surface area contributed by atoms with Crippen LogP contribution >= 0.6 is 0 Å². The maximum absolute atomic E-state index is 12.2. The Hall–Kier alpha value is -3.75. The molecule has 0 saturated carbocycles. The number of aliphatic carboxylic acids is 1. The molecule has 2 rings (SSSR count). The van der Waals surface area contributed by atoms with E-state index >= 15 is 0 Å². The summed E-state index contributed by atoms with van der Waals surface area (Å²) in [6.07, 6.45) is -0.656. The topological polar surface area (TPSA) is 139 Å². The maximum Gasteiger partial charge on any atom is 0.305 e. The van der Waals surface area contributed by atoms with Crippen LogP contribution in [-0.4, -0.2) is 53.3 Å². The normalized spacial score (nSPS) is 12.0. The number of amides is 2. The number of carbonyl (C=O) groups excluding carboxylic acids is 4. The van der Waals surface area contributed by atoms with Gasteiger partial charge in [-0.2, -0.15) is 0 Å². The molecule has 0 bridgehead atoms. The van der Waals surface area contributed by atoms with Crippen LogP contribution in [-0.2, 0) is 28.7 Å². The molecule has 2 aromatic rings. The average Bonchev–Trinajstić information content (AvgIpc) is 2.75. The average molecular weight is 459 g/mol. The van der Waals surface area contributed by atoms with Gasteiger partial charge in [0.15, 0.2) is 12.4 Å². The Kier molecular flexibility index (Phi) is 11.3. The smallest absolute Gasteiger partial charge is 0.305 e. The summed E-state index contributed by atoms with van der Waals surface area (Å²) < 4.78 is 4.52. The van der Waals surface area contributed by atoms with Crippen molar-refractivity contribution in [2.45, 2.75) is 46.2 Å². The highest BCUT2D eigenvalue weighted by Gasteiger charge is 2.29. The number of esters is 1. The molecular formula is C24H30N2O7. The Morgan fingerprint density at radius 3 is 1.73 bits per heavy atom. The lowest BCUT2D eigenvalue weighted by molar-refractivity contribution is -0.147. The van der Waals surface area contributed by atoms with E-state index in [-0.39, 0.29) is 5.92 Å². The van der Waals surface area contributed by atoms with Crippen molar-refractivity contribution >= 4 is 40.3 Å². The van der Waals surface area contributed by atoms with Crippen molar-refractivity contribution < 1.29 is 33.8 Å². The predicted octanol–water partition coefficient (Wildman–Crippen LogP) is 2.08. The van der Waals surface area contributed by atoms with Crippen molar-refractivity contribution in [3.63, 3.8) is 0 Å². The van der Waals surface area contributed by atoms with Crippen LogP contribution in [0.25, 0.3) is 10.8 Å². The summed E-state index contributed by atoms with van der Waals surface area (Å²) in [5, 5.41) is 16.2. The molecule has 0 aliphatic carbocycles. The molecule has 0 radical (unpaired) electrons. The number of fused-ring (bicyclic) bond motifs is 1. The number of Topliss-reactive ketones (excluding diaryl/α,β-unsaturated/α-hetero) is 1. The minimum Gasteiger partial charge on any atom is -0.481 e. The molecule has 3 N–H and O–H groups in total. The van der Waals surface area contributed by atoms with Gasteiger partial charge in [0.25, 0.3) is 0 Å². The van der Waals surface area contributed by atoms with Gasteiger partial charge in [0.05, 0.1) is 6.42 Å². The zero-order chi connectivity index (χ0) is 25.0. The van der Waals surface area contributed by atoms with Crippen LogP contribution in [0.1, 0.15) is 34.1 Å². The third-order valence-electron chi connectivity index (χ3n) is 4.47. The van der Waals surface area contributed by atoms with E-state index < -0.39 is 54.6 Å². The highest BCUT2D eigenvalue weighted by atomic mass is 16.5. The molecule has 9 heteroatoms. The molecule has 2 atom stereocenters. The van der Waals surface area contributed by atoms with Crippen LogP contribution in [0.15, 0.2) is 48.5 Å². The van der Waals surface area contributed by atoms with Gasteiger partial charge in [-0.05, 0) is 16.7 Å². The second-order valence-electron chi connectivity index (χ2n) is 7.67. The van der Waals surface area contributed by atoms with E-state index in [0.717, 1.165) is 6.92 Å². The molecular weight excluding hydrogens is 428 g/mol. The zero-order valence-corrected chi connectivity index (χ0v) is 19.2. The Bertz CT molecular complexity index is 922. The summed E-state index contributed by atoms with van der Waals surface area (Å²) in [5.41, 5.74) is 0. The lowest BCUT2D eigenvalue weighted by Gasteiger charge is -2.24. The van der Waals surface area contributed by atoms with E-state index in [0.29, 0.717) is 0 Å². The van der Waals surface area contributed by atoms with E-state index in [4.69, 9.17) is 5.11 Å². The number of carboxylic acids is 1. The lowest BCUT2D eigenvalue weighted by atomic mass is 10.0. The number of ether oxygens (including phenoxy) is 1. The maximum atomic E-state index is 12.2. The monoisotopic (exact) mass is 458 g/mol. The standard InChI is InChI=1S/C14H22N2O7.C10H8/c1-7(2)13(15-8(3)17)14(22)16-10(5-12(20)21)11(19)6-23-9(4)18;1-2-6-10-8-4-3-7-9(10)5-1/h7,10,13H,5-6H2,1-4H3,(H,15,17)(H,16,22)(H,20,21);1-8H. The predicted molar refractivity (Wildman–Crippen MR) is 122 cm³/mol. The van der Waals surface area contributed by atoms with Crippen LogP contribution in [0.2, 0.25) is 0 Å². The van der Waals surface area contributed by atoms with Gasteiger partial charge in [0.2, 0.25) is 11.8 Å². The number of carbonyl (C=O) groups is 5. The molecule has 2 aromatic carbocycles. The first kappa shape index (κ1) is 27.3. The summed E-state index contributed by atoms with van der Waals surface area (Å²) in [6.45, 7) is 5.08. The summed E-state index contributed by atoms with van der Waals surface area (Å²) in [7, 11) is 0. The number of hydrogen-bond donors (Lipinski definition) is 3. The van der Waals surface area contributed by atoms with E-state index in [1.165, 1.54) is 17.7 Å². The number of nitrogens with one attached hydrogen (secondary N) is 2. The molecule has 0 aliphatic rings. The molecule has 0 heterocycles. The van der Waals surface area contributed by atoms with Crippen molar-refractivity contribution in [1.82, 2.24) is 10.6 Å². The number of ketones is 1. The third-order valence-corrected chi connectivity index (χ3v) is 4.47. The first-order chi connectivity index (χ1) is 15.5. The van der Waals surface area contributed by atoms with Gasteiger partial charge in [-0.15, -0.1) is 0 Å². The number of carboxylic acid groups (broad SMARTS) is 1. The molecule has 0 aromatic heterocycles. The molecule has 2 unspecified atom stereocenters. The summed E-state index contributed by atoms with van der Waals surface area (Å²) in [6, 6.07) is 14.4. The van der Waals surface area contributed by atoms with E-state index in [1.807, 2.05) is 0 Å². The zero-order valence-electron chi connectivity index (χ0n) is 19.2. The van der Waals surface area contributed by atoms with Crippen LogP contribution in [0.5, 0.6) is 0 Å². The summed E-state index contributed by atoms with van der Waals surface area (Å²) in [4.78, 5) is 56.7. The fourth-order valence-corrected chi connectivity index (χ4v) is 2.84. The third kappa shape index (κ3) is 10.4. The van der Waals surface area contributed by atoms with Gasteiger partial charge in [0.1, 0.15) is 12.1 Å². The van der Waals surface area contributed by atoms with Crippen LogP contribution in [0.3, 0.4) is 0 Å². The van der Waals surface area contributed by atoms with E-state index in [9.17, 15) is 24.0 Å². The number of rotatable bonds is 9. The Morgan fingerprint density at radius 2 is 1.36 bits per heavy atom. The van der Waals surface area contributed by atoms with Crippen molar-refractivity contribution in [3.8, 4) is 0 Å². The number of hydrogen-bond acceptors (Lipinski definition) is 6. The highest BCUT2D eigenvalue weighted by Crippen LogP contribution is 2.11. The number of benzene rings is 2. The molecule has 0 fully saturated rings. The Labute approximate surface area is 192 Å². The molecule has 0 spiro atoms. The van der Waals surface area contributed by atoms with Gasteiger partial charge in [-0.1, -0.05) is 62.4 Å². The fourth-order valence-electron chi connectivity index (χ4n) is 2.84. The second-order valence-corrected chi connectivity index (χ2v) is 7.67. The lowest BCUT2D eigenvalue weighted by Crippen LogP contribution is -2.54. The van der Waals surface area contributed by atoms with Crippen molar-refractivity contribution in [2.75, 3.05) is 6.61 Å². The van der Waals surface area contributed by atoms with Crippen LogP contribution in [0, 0.1) is 5.92 Å². The van der Waals surface area contributed by atoms with Gasteiger partial charge in [-0.3, -0.25) is 24.0 Å². The second kappa shape index (κ2) is 13.6. The van der Waals surface area contributed by atoms with Crippen molar-refractivity contribution in [2.24, 2.45) is 5.92 Å². The van der Waals surface area contributed by atoms with E-state index in [1.54, 1.807) is 13.8 Å². The Morgan fingerprint density at radius 1 is 0.879 bits per heavy atom. The summed E-state index contributed by atoms with van der Waals surface area (Å²) >= 11 is 0. The van der Waals surface area contributed by atoms with Crippen molar-refractivity contribution in [1.29, 1.82) is 0 Å². The van der Waals surface area contributed by atoms with Gasteiger partial charge in [0, 0.05) is 13.8 Å². The van der Waals surface area contributed by atoms with Crippen LogP contribution < -0.4 is 10.6 Å². The Balaban J connectivity index is 0.000000442. The van der Waals surface area contributed by atoms with Gasteiger partial charge >= 0.3 is 11.9 Å². The molecule has 178 valence electrons. The van der Waals surface area contributed by atoms with E-state index in [2.05, 4.69) is 63.9 Å². The highest BCUT2D eigenvalue weighted by molar-refractivity contribution is 5.95. The van der Waals surface area contributed by atoms with Gasteiger partial charge in [-0.25, -0.2) is 0 Å². The SMILES string of the molecule is CC(=O)NC(C(=O)NC(CC(=O)O)C(=O)COC(C)=O)C(C)C.c1ccc2ccccc2c1. The molecule has 0 saturated heterocycles. The minimum absolute atomic E-state index is 0.270. The quantitative estimate of drug-likeness (QED) is 0.489. The van der Waals surface area contributed by atoms with Crippen molar-refractivity contribution in [3.05, 3.63) is 48.5 Å². The van der Waals surface area contributed by atoms with Crippen LogP contribution in [0.4, 0.5) is 0 Å². The molecule has 9 nitrogen and oxygen atoms in total. The minimum atomic E-state index is -1.35. The summed E-state index contributed by atoms with van der Waals surface area (Å²) in [5.74, 6) is -4.13. The van der Waals surface area contributed by atoms with Gasteiger partial charge < -0.3 is 20.5 Å². The molecule has 2 amide bonds. The fraction of sp³-hybridized carbons (Fsp3) is 0.375. The first-order valence-electron chi connectivity index (χ1n) is 10.4. The molecule has 33 heavy (non-hydrogen) atoms. The largest absolute Gasteiger partial charge is 0.481 e. The first-order valence-corrected chi connectivity index (χ1v) is 10.4.